The van der Waals surface area contributed by atoms with Gasteiger partial charge in [-0.2, -0.15) is 4.79 Å². The van der Waals surface area contributed by atoms with Gasteiger partial charge in [-0.15, -0.1) is 0 Å². The number of hydrogen-bond acceptors (Lipinski definition) is 3. The van der Waals surface area contributed by atoms with Crippen LogP contribution in [0, 0.1) is 0 Å². The minimum absolute atomic E-state index is 0.0464. The molecule has 0 bridgehead atoms. The highest BCUT2D eigenvalue weighted by atomic mass is 28.4. The van der Waals surface area contributed by atoms with E-state index in [1.165, 1.54) is 0 Å². The topological polar surface area (TPSA) is 71.9 Å². The van der Waals surface area contributed by atoms with Gasteiger partial charge in [0, 0.05) is 0 Å². The van der Waals surface area contributed by atoms with Crippen molar-refractivity contribution >= 4 is 20.0 Å². The van der Waals surface area contributed by atoms with Crippen molar-refractivity contribution in [2.75, 3.05) is 6.61 Å². The lowest BCUT2D eigenvalue weighted by molar-refractivity contribution is -0.141. The Balaban J connectivity index is 3.29. The van der Waals surface area contributed by atoms with E-state index < -0.39 is 20.4 Å². The molecule has 23 heavy (non-hydrogen) atoms. The summed E-state index contributed by atoms with van der Waals surface area (Å²) in [6, 6.07) is 9.30. The van der Waals surface area contributed by atoms with Crippen LogP contribution in [-0.4, -0.2) is 31.4 Å². The van der Waals surface area contributed by atoms with Gasteiger partial charge in [0.05, 0.1) is 6.61 Å². The Morgan fingerprint density at radius 2 is 1.83 bits per heavy atom. The molecule has 1 aromatic rings. The number of ether oxygens (including phenoxy) is 1. The number of carbonyl (C=O) groups excluding carboxylic acids is 1. The van der Waals surface area contributed by atoms with Crippen LogP contribution >= 0.6 is 0 Å². The van der Waals surface area contributed by atoms with Gasteiger partial charge in [0.15, 0.2) is 14.4 Å². The van der Waals surface area contributed by atoms with Gasteiger partial charge in [-0.1, -0.05) is 51.1 Å². The summed E-state index contributed by atoms with van der Waals surface area (Å²) < 4.78 is 11.4. The Hall–Kier alpha value is -1.75. The van der Waals surface area contributed by atoms with Crippen LogP contribution in [-0.2, 0) is 14.0 Å². The smallest absolute Gasteiger partial charge is 0.420 e. The Kier molecular flexibility index (Phi) is 6.44. The Bertz CT molecular complexity index is 588. The van der Waals surface area contributed by atoms with Crippen LogP contribution in [0.5, 0.6) is 0 Å². The molecular formula is C17H26N2O3Si. The van der Waals surface area contributed by atoms with Gasteiger partial charge < -0.3 is 14.7 Å². The second kappa shape index (κ2) is 7.68. The molecule has 0 saturated heterocycles. The fraction of sp³-hybridized carbons (Fsp3) is 0.529. The van der Waals surface area contributed by atoms with Crippen molar-refractivity contribution in [2.24, 2.45) is 0 Å². The zero-order chi connectivity index (χ0) is 17.7. The maximum atomic E-state index is 12.1. The quantitative estimate of drug-likeness (QED) is 0.260. The molecule has 1 atom stereocenters. The van der Waals surface area contributed by atoms with Gasteiger partial charge in [0.25, 0.3) is 0 Å². The molecule has 126 valence electrons. The lowest BCUT2D eigenvalue weighted by atomic mass is 10.1. The molecule has 5 nitrogen and oxygen atoms in total. The number of carbonyl (C=O) groups is 1. The summed E-state index contributed by atoms with van der Waals surface area (Å²) in [5.41, 5.74) is 10.0. The molecule has 1 aromatic carbocycles. The molecule has 1 unspecified atom stereocenters. The summed E-state index contributed by atoms with van der Waals surface area (Å²) in [6.45, 7) is 12.4. The predicted molar refractivity (Wildman–Crippen MR) is 92.7 cm³/mol. The zero-order valence-corrected chi connectivity index (χ0v) is 15.8. The fourth-order valence-electron chi connectivity index (χ4n) is 1.79. The highest BCUT2D eigenvalue weighted by molar-refractivity contribution is 6.74. The van der Waals surface area contributed by atoms with E-state index in [-0.39, 0.29) is 17.4 Å². The largest absolute Gasteiger partial charge is 0.457 e. The minimum Gasteiger partial charge on any atom is -0.457 e. The van der Waals surface area contributed by atoms with Crippen LogP contribution in [0.4, 0.5) is 0 Å². The Morgan fingerprint density at radius 3 is 2.26 bits per heavy atom. The van der Waals surface area contributed by atoms with E-state index in [0.717, 1.165) is 5.56 Å². The van der Waals surface area contributed by atoms with Gasteiger partial charge in [-0.25, -0.2) is 4.79 Å². The van der Waals surface area contributed by atoms with E-state index in [1.807, 2.05) is 30.3 Å². The van der Waals surface area contributed by atoms with E-state index >= 15 is 0 Å². The van der Waals surface area contributed by atoms with Crippen molar-refractivity contribution in [3.8, 4) is 0 Å². The fourth-order valence-corrected chi connectivity index (χ4v) is 2.98. The standard InChI is InChI=1S/C17H26N2O3Si/c1-7-21-16(20)14(19-18)15(13-11-9-8-10-12-13)22-23(5,6)17(2,3)4/h8-12,15H,7H2,1-6H3. The lowest BCUT2D eigenvalue weighted by Crippen LogP contribution is -2.44. The molecule has 0 amide bonds. The summed E-state index contributed by atoms with van der Waals surface area (Å²) in [5.74, 6) is -0.664. The Morgan fingerprint density at radius 1 is 1.26 bits per heavy atom. The van der Waals surface area contributed by atoms with E-state index in [0.29, 0.717) is 0 Å². The van der Waals surface area contributed by atoms with Crippen molar-refractivity contribution in [1.29, 1.82) is 0 Å². The molecule has 1 rings (SSSR count). The van der Waals surface area contributed by atoms with Crippen LogP contribution in [0.2, 0.25) is 18.1 Å². The number of hydrogen-bond donors (Lipinski definition) is 0. The molecule has 0 aliphatic rings. The predicted octanol–water partition coefficient (Wildman–Crippen LogP) is 3.98. The van der Waals surface area contributed by atoms with Crippen LogP contribution < -0.4 is 0 Å². The van der Waals surface area contributed by atoms with Crippen LogP contribution in [0.15, 0.2) is 30.3 Å². The van der Waals surface area contributed by atoms with Gasteiger partial charge in [-0.3, -0.25) is 0 Å². The Labute approximate surface area is 139 Å². The number of nitrogens with zero attached hydrogens (tertiary/aromatic N) is 2. The first-order valence-corrected chi connectivity index (χ1v) is 10.7. The molecule has 0 aliphatic heterocycles. The van der Waals surface area contributed by atoms with E-state index in [4.69, 9.17) is 9.16 Å². The number of benzene rings is 1. The summed E-state index contributed by atoms with van der Waals surface area (Å²) in [7, 11) is -2.20. The van der Waals surface area contributed by atoms with Gasteiger partial charge in [-0.05, 0) is 30.6 Å². The summed E-state index contributed by atoms with van der Waals surface area (Å²) in [4.78, 5) is 15.3. The summed E-state index contributed by atoms with van der Waals surface area (Å²) in [6.07, 6.45) is -0.749. The van der Waals surface area contributed by atoms with E-state index in [2.05, 4.69) is 38.7 Å². The van der Waals surface area contributed by atoms with Crippen molar-refractivity contribution < 1.29 is 18.7 Å². The third-order valence-electron chi connectivity index (χ3n) is 4.16. The van der Waals surface area contributed by atoms with Crippen LogP contribution in [0.1, 0.15) is 39.4 Å². The molecule has 0 heterocycles. The van der Waals surface area contributed by atoms with Crippen molar-refractivity contribution in [3.05, 3.63) is 41.4 Å². The molecule has 0 radical (unpaired) electrons. The van der Waals surface area contributed by atoms with Crippen molar-refractivity contribution in [1.82, 2.24) is 0 Å². The SMILES string of the molecule is CCOC(=O)C(=[N+]=[N-])C(O[Si](C)(C)C(C)(C)C)c1ccccc1. The molecular weight excluding hydrogens is 308 g/mol. The number of rotatable bonds is 6. The molecule has 0 aliphatic carbocycles. The maximum Gasteiger partial charge on any atom is 0.420 e. The first-order chi connectivity index (χ1) is 10.6. The first kappa shape index (κ1) is 19.3. The lowest BCUT2D eigenvalue weighted by Gasteiger charge is -2.38. The van der Waals surface area contributed by atoms with Crippen LogP contribution in [0.25, 0.3) is 5.53 Å². The second-order valence-corrected chi connectivity index (χ2v) is 11.6. The van der Waals surface area contributed by atoms with Crippen molar-refractivity contribution in [2.45, 2.75) is 51.9 Å². The average Bonchev–Trinajstić information content (AvgIpc) is 2.47. The second-order valence-electron chi connectivity index (χ2n) is 6.87. The molecule has 0 saturated carbocycles. The van der Waals surface area contributed by atoms with Gasteiger partial charge >= 0.3 is 11.7 Å². The van der Waals surface area contributed by atoms with E-state index in [9.17, 15) is 10.3 Å². The average molecular weight is 334 g/mol. The first-order valence-electron chi connectivity index (χ1n) is 7.76. The molecule has 0 aromatic heterocycles. The highest BCUT2D eigenvalue weighted by Gasteiger charge is 2.44. The van der Waals surface area contributed by atoms with E-state index in [1.54, 1.807) is 6.92 Å². The summed E-state index contributed by atoms with van der Waals surface area (Å²) in [5, 5.41) is -0.0464. The van der Waals surface area contributed by atoms with Crippen molar-refractivity contribution in [3.63, 3.8) is 0 Å². The molecule has 0 spiro atoms. The van der Waals surface area contributed by atoms with Gasteiger partial charge in [0.1, 0.15) is 0 Å². The third kappa shape index (κ3) is 4.86. The summed E-state index contributed by atoms with van der Waals surface area (Å²) >= 11 is 0. The minimum atomic E-state index is -2.20. The highest BCUT2D eigenvalue weighted by Crippen LogP contribution is 2.40. The molecule has 6 heteroatoms. The normalized spacial score (nSPS) is 13.1. The van der Waals surface area contributed by atoms with Crippen LogP contribution in [0.3, 0.4) is 0 Å². The van der Waals surface area contributed by atoms with Gasteiger partial charge in [0.2, 0.25) is 0 Å². The number of esters is 1. The third-order valence-corrected chi connectivity index (χ3v) is 8.60. The molecule has 0 fully saturated rings. The zero-order valence-electron chi connectivity index (χ0n) is 14.8. The molecule has 0 N–H and O–H groups in total. The maximum absolute atomic E-state index is 12.1. The monoisotopic (exact) mass is 334 g/mol.